The number of nitrogens with one attached hydrogen (secondary N) is 1. The van der Waals surface area contributed by atoms with E-state index in [4.69, 9.17) is 10.8 Å². The monoisotopic (exact) mass is 177 g/mol. The van der Waals surface area contributed by atoms with Gasteiger partial charge in [-0.05, 0) is 19.0 Å². The molecule has 1 unspecified atom stereocenters. The summed E-state index contributed by atoms with van der Waals surface area (Å²) < 4.78 is 5.01. The first kappa shape index (κ1) is 9.88. The van der Waals surface area contributed by atoms with Crippen LogP contribution in [0.5, 0.6) is 0 Å². The topological polar surface area (TPSA) is 25.2 Å². The Kier molecular flexibility index (Phi) is 4.14. The molecule has 0 fully saturated rings. The molecule has 0 amide bonds. The van der Waals surface area contributed by atoms with Crippen LogP contribution in [0.4, 0.5) is 0 Å². The zero-order valence-electron chi connectivity index (χ0n) is 7.92. The molecule has 2 nitrogen and oxygen atoms in total. The van der Waals surface area contributed by atoms with E-state index in [0.717, 1.165) is 18.5 Å². The van der Waals surface area contributed by atoms with Crippen LogP contribution in [-0.2, 0) is 0 Å². The first-order valence-corrected chi connectivity index (χ1v) is 4.57. The molecule has 2 heteroatoms. The Bertz CT molecular complexity index is 258. The van der Waals surface area contributed by atoms with Gasteiger partial charge in [-0.1, -0.05) is 6.92 Å². The SMILES string of the molecule is C#CCC(NCCC)c1ccoc1. The summed E-state index contributed by atoms with van der Waals surface area (Å²) in [4.78, 5) is 0. The van der Waals surface area contributed by atoms with Gasteiger partial charge in [0.15, 0.2) is 0 Å². The summed E-state index contributed by atoms with van der Waals surface area (Å²) >= 11 is 0. The normalized spacial score (nSPS) is 12.3. The van der Waals surface area contributed by atoms with Gasteiger partial charge in [-0.15, -0.1) is 12.3 Å². The quantitative estimate of drug-likeness (QED) is 0.698. The third kappa shape index (κ3) is 2.96. The molecule has 70 valence electrons. The van der Waals surface area contributed by atoms with E-state index < -0.39 is 0 Å². The van der Waals surface area contributed by atoms with Gasteiger partial charge in [0.05, 0.1) is 12.5 Å². The highest BCUT2D eigenvalue weighted by Crippen LogP contribution is 2.16. The predicted octanol–water partition coefficient (Wildman–Crippen LogP) is 2.34. The zero-order chi connectivity index (χ0) is 9.52. The van der Waals surface area contributed by atoms with Crippen molar-refractivity contribution in [3.05, 3.63) is 24.2 Å². The molecule has 1 N–H and O–H groups in total. The molecule has 0 spiro atoms. The van der Waals surface area contributed by atoms with Crippen LogP contribution in [-0.4, -0.2) is 6.54 Å². The molecule has 1 atom stereocenters. The molecule has 1 heterocycles. The highest BCUT2D eigenvalue weighted by molar-refractivity contribution is 5.13. The molecule has 1 aromatic rings. The lowest BCUT2D eigenvalue weighted by molar-refractivity contribution is 0.521. The average molecular weight is 177 g/mol. The van der Waals surface area contributed by atoms with Crippen LogP contribution < -0.4 is 5.32 Å². The summed E-state index contributed by atoms with van der Waals surface area (Å²) in [5.41, 5.74) is 1.13. The Morgan fingerprint density at radius 2 is 2.54 bits per heavy atom. The Balaban J connectivity index is 2.53. The molecule has 0 radical (unpaired) electrons. The second kappa shape index (κ2) is 5.45. The van der Waals surface area contributed by atoms with Crippen molar-refractivity contribution in [2.45, 2.75) is 25.8 Å². The maximum atomic E-state index is 5.29. The third-order valence-electron chi connectivity index (χ3n) is 1.91. The molecule has 1 rings (SSSR count). The molecule has 0 saturated heterocycles. The first-order chi connectivity index (χ1) is 6.38. The fraction of sp³-hybridized carbons (Fsp3) is 0.455. The van der Waals surface area contributed by atoms with Crippen molar-refractivity contribution in [3.63, 3.8) is 0 Å². The van der Waals surface area contributed by atoms with Gasteiger partial charge in [-0.2, -0.15) is 0 Å². The number of furan rings is 1. The molecule has 0 aliphatic rings. The maximum absolute atomic E-state index is 5.29. The van der Waals surface area contributed by atoms with Crippen molar-refractivity contribution in [3.8, 4) is 12.3 Å². The van der Waals surface area contributed by atoms with Gasteiger partial charge in [-0.25, -0.2) is 0 Å². The Morgan fingerprint density at radius 3 is 3.08 bits per heavy atom. The van der Waals surface area contributed by atoms with Crippen LogP contribution in [0, 0.1) is 12.3 Å². The molecule has 0 aliphatic heterocycles. The van der Waals surface area contributed by atoms with Gasteiger partial charge in [-0.3, -0.25) is 0 Å². The van der Waals surface area contributed by atoms with E-state index in [-0.39, 0.29) is 6.04 Å². The Labute approximate surface area is 79.3 Å². The van der Waals surface area contributed by atoms with Crippen molar-refractivity contribution in [2.75, 3.05) is 6.54 Å². The van der Waals surface area contributed by atoms with Crippen molar-refractivity contribution < 1.29 is 4.42 Å². The molecular formula is C11H15NO. The lowest BCUT2D eigenvalue weighted by atomic mass is 10.1. The van der Waals surface area contributed by atoms with E-state index in [1.54, 1.807) is 12.5 Å². The van der Waals surface area contributed by atoms with Crippen LogP contribution in [0.25, 0.3) is 0 Å². The van der Waals surface area contributed by atoms with E-state index >= 15 is 0 Å². The number of hydrogen-bond donors (Lipinski definition) is 1. The molecule has 0 aromatic carbocycles. The van der Waals surface area contributed by atoms with Crippen molar-refractivity contribution in [1.82, 2.24) is 5.32 Å². The first-order valence-electron chi connectivity index (χ1n) is 4.57. The molecule has 13 heavy (non-hydrogen) atoms. The third-order valence-corrected chi connectivity index (χ3v) is 1.91. The van der Waals surface area contributed by atoms with Gasteiger partial charge in [0.25, 0.3) is 0 Å². The molecule has 0 saturated carbocycles. The van der Waals surface area contributed by atoms with E-state index in [0.29, 0.717) is 6.42 Å². The summed E-state index contributed by atoms with van der Waals surface area (Å²) in [5, 5.41) is 3.37. The predicted molar refractivity (Wildman–Crippen MR) is 53.2 cm³/mol. The summed E-state index contributed by atoms with van der Waals surface area (Å²) in [7, 11) is 0. The molecular weight excluding hydrogens is 162 g/mol. The molecule has 0 bridgehead atoms. The lowest BCUT2D eigenvalue weighted by Gasteiger charge is -2.13. The summed E-state index contributed by atoms with van der Waals surface area (Å²) in [6.45, 7) is 3.12. The summed E-state index contributed by atoms with van der Waals surface area (Å²) in [6, 6.07) is 2.19. The van der Waals surface area contributed by atoms with Crippen LogP contribution in [0.3, 0.4) is 0 Å². The Hall–Kier alpha value is -1.20. The Morgan fingerprint density at radius 1 is 1.69 bits per heavy atom. The molecule has 1 aromatic heterocycles. The van der Waals surface area contributed by atoms with Crippen LogP contribution in [0.1, 0.15) is 31.4 Å². The second-order valence-electron chi connectivity index (χ2n) is 2.97. The highest BCUT2D eigenvalue weighted by atomic mass is 16.3. The standard InChI is InChI=1S/C11H15NO/c1-3-5-11(12-7-4-2)10-6-8-13-9-10/h1,6,8-9,11-12H,4-5,7H2,2H3. The molecule has 0 aliphatic carbocycles. The zero-order valence-corrected chi connectivity index (χ0v) is 7.92. The maximum Gasteiger partial charge on any atom is 0.0950 e. The minimum Gasteiger partial charge on any atom is -0.472 e. The van der Waals surface area contributed by atoms with Crippen LogP contribution in [0.15, 0.2) is 23.0 Å². The largest absolute Gasteiger partial charge is 0.472 e. The smallest absolute Gasteiger partial charge is 0.0950 e. The highest BCUT2D eigenvalue weighted by Gasteiger charge is 2.09. The minimum absolute atomic E-state index is 0.240. The van der Waals surface area contributed by atoms with E-state index in [1.165, 1.54) is 0 Å². The minimum atomic E-state index is 0.240. The summed E-state index contributed by atoms with van der Waals surface area (Å²) in [5.74, 6) is 2.66. The van der Waals surface area contributed by atoms with Gasteiger partial charge >= 0.3 is 0 Å². The lowest BCUT2D eigenvalue weighted by Crippen LogP contribution is -2.21. The van der Waals surface area contributed by atoms with Gasteiger partial charge in [0.1, 0.15) is 0 Å². The average Bonchev–Trinajstić information content (AvgIpc) is 2.65. The van der Waals surface area contributed by atoms with E-state index in [2.05, 4.69) is 18.2 Å². The van der Waals surface area contributed by atoms with Crippen LogP contribution >= 0.6 is 0 Å². The van der Waals surface area contributed by atoms with Crippen LogP contribution in [0.2, 0.25) is 0 Å². The van der Waals surface area contributed by atoms with E-state index in [1.807, 2.05) is 6.07 Å². The number of hydrogen-bond acceptors (Lipinski definition) is 2. The second-order valence-corrected chi connectivity index (χ2v) is 2.97. The van der Waals surface area contributed by atoms with Gasteiger partial charge in [0, 0.05) is 18.0 Å². The van der Waals surface area contributed by atoms with Crippen molar-refractivity contribution in [1.29, 1.82) is 0 Å². The van der Waals surface area contributed by atoms with E-state index in [9.17, 15) is 0 Å². The number of rotatable bonds is 5. The van der Waals surface area contributed by atoms with Crippen molar-refractivity contribution in [2.24, 2.45) is 0 Å². The van der Waals surface area contributed by atoms with Crippen molar-refractivity contribution >= 4 is 0 Å². The van der Waals surface area contributed by atoms with Gasteiger partial charge in [0.2, 0.25) is 0 Å². The summed E-state index contributed by atoms with van der Waals surface area (Å²) in [6.07, 6.45) is 10.5. The fourth-order valence-corrected chi connectivity index (χ4v) is 1.22. The fourth-order valence-electron chi connectivity index (χ4n) is 1.22. The number of terminal acetylenes is 1. The van der Waals surface area contributed by atoms with Gasteiger partial charge < -0.3 is 9.73 Å².